The highest BCUT2D eigenvalue weighted by atomic mass is 32.2. The van der Waals surface area contributed by atoms with Crippen molar-refractivity contribution in [2.75, 3.05) is 18.1 Å². The molecule has 0 radical (unpaired) electrons. The molecular formula is C16H36OSSi. The zero-order valence-corrected chi connectivity index (χ0v) is 15.6. The second-order valence-electron chi connectivity index (χ2n) is 6.09. The fraction of sp³-hybridized carbons (Fsp3) is 1.00. The summed E-state index contributed by atoms with van der Waals surface area (Å²) in [7, 11) is -1.34. The third kappa shape index (κ3) is 14.7. The van der Waals surface area contributed by atoms with E-state index < -0.39 is 8.32 Å². The number of hydrogen-bond acceptors (Lipinski definition) is 2. The Balaban J connectivity index is 3.27. The molecule has 0 aromatic heterocycles. The van der Waals surface area contributed by atoms with Crippen LogP contribution in [0, 0.1) is 0 Å². The van der Waals surface area contributed by atoms with Gasteiger partial charge in [-0.1, -0.05) is 46.0 Å². The summed E-state index contributed by atoms with van der Waals surface area (Å²) in [5.41, 5.74) is 0. The molecule has 0 N–H and O–H groups in total. The van der Waals surface area contributed by atoms with E-state index in [1.165, 1.54) is 68.9 Å². The average molecular weight is 305 g/mol. The van der Waals surface area contributed by atoms with Crippen molar-refractivity contribution in [2.24, 2.45) is 0 Å². The molecule has 0 unspecified atom stereocenters. The molecule has 0 rings (SSSR count). The van der Waals surface area contributed by atoms with Gasteiger partial charge in [0.1, 0.15) is 0 Å². The van der Waals surface area contributed by atoms with Crippen molar-refractivity contribution in [1.82, 2.24) is 0 Å². The highest BCUT2D eigenvalue weighted by Gasteiger charge is 2.21. The van der Waals surface area contributed by atoms with E-state index >= 15 is 0 Å². The van der Waals surface area contributed by atoms with E-state index in [1.54, 1.807) is 0 Å². The van der Waals surface area contributed by atoms with Crippen LogP contribution in [0.5, 0.6) is 0 Å². The van der Waals surface area contributed by atoms with Crippen molar-refractivity contribution in [2.45, 2.75) is 84.4 Å². The second-order valence-corrected chi connectivity index (χ2v) is 11.6. The molecule has 0 aliphatic carbocycles. The monoisotopic (exact) mass is 304 g/mol. The summed E-state index contributed by atoms with van der Waals surface area (Å²) in [6.45, 7) is 10.2. The molecule has 0 aliphatic rings. The molecule has 0 atom stereocenters. The van der Waals surface area contributed by atoms with Crippen molar-refractivity contribution in [3.05, 3.63) is 0 Å². The van der Waals surface area contributed by atoms with Gasteiger partial charge in [-0.2, -0.15) is 11.8 Å². The third-order valence-corrected chi connectivity index (χ3v) is 7.15. The van der Waals surface area contributed by atoms with E-state index in [2.05, 4.69) is 38.7 Å². The van der Waals surface area contributed by atoms with Gasteiger partial charge >= 0.3 is 0 Å². The Bertz CT molecular complexity index is 186. The molecule has 0 aromatic carbocycles. The highest BCUT2D eigenvalue weighted by Crippen LogP contribution is 2.17. The van der Waals surface area contributed by atoms with Crippen LogP contribution >= 0.6 is 11.8 Å². The van der Waals surface area contributed by atoms with Gasteiger partial charge in [-0.15, -0.1) is 0 Å². The van der Waals surface area contributed by atoms with Gasteiger partial charge in [0.15, 0.2) is 8.32 Å². The van der Waals surface area contributed by atoms with Crippen LogP contribution in [0.1, 0.15) is 65.2 Å². The lowest BCUT2D eigenvalue weighted by molar-refractivity contribution is 0.298. The summed E-state index contributed by atoms with van der Waals surface area (Å²) in [6.07, 6.45) is 10.9. The van der Waals surface area contributed by atoms with Gasteiger partial charge in [-0.05, 0) is 49.9 Å². The lowest BCUT2D eigenvalue weighted by atomic mass is 10.2. The third-order valence-electron chi connectivity index (χ3n) is 3.45. The van der Waals surface area contributed by atoms with Crippen molar-refractivity contribution in [3.63, 3.8) is 0 Å². The van der Waals surface area contributed by atoms with Crippen LogP contribution in [0.15, 0.2) is 0 Å². The normalized spacial score (nSPS) is 12.0. The largest absolute Gasteiger partial charge is 0.417 e. The van der Waals surface area contributed by atoms with Crippen LogP contribution in [0.2, 0.25) is 19.1 Å². The van der Waals surface area contributed by atoms with E-state index in [0.717, 1.165) is 6.61 Å². The Labute approximate surface area is 127 Å². The predicted molar refractivity (Wildman–Crippen MR) is 93.9 cm³/mol. The fourth-order valence-electron chi connectivity index (χ4n) is 2.07. The zero-order valence-electron chi connectivity index (χ0n) is 13.8. The molecule has 0 saturated carbocycles. The van der Waals surface area contributed by atoms with Crippen molar-refractivity contribution < 1.29 is 4.43 Å². The van der Waals surface area contributed by atoms with Gasteiger partial charge in [0.05, 0.1) is 0 Å². The van der Waals surface area contributed by atoms with Gasteiger partial charge in [0.2, 0.25) is 0 Å². The van der Waals surface area contributed by atoms with E-state index in [1.807, 2.05) is 0 Å². The molecule has 3 heteroatoms. The first-order valence-corrected chi connectivity index (χ1v) is 12.6. The maximum atomic E-state index is 6.07. The maximum Gasteiger partial charge on any atom is 0.186 e. The molecule has 0 spiro atoms. The molecule has 0 fully saturated rings. The first kappa shape index (κ1) is 19.5. The Morgan fingerprint density at radius 1 is 0.789 bits per heavy atom. The average Bonchev–Trinajstić information content (AvgIpc) is 2.37. The molecule has 0 amide bonds. The van der Waals surface area contributed by atoms with Crippen LogP contribution in [0.4, 0.5) is 0 Å². The molecule has 0 bridgehead atoms. The number of hydrogen-bond donors (Lipinski definition) is 0. The van der Waals surface area contributed by atoms with Gasteiger partial charge in [0, 0.05) is 6.61 Å². The Morgan fingerprint density at radius 3 is 2.11 bits per heavy atom. The topological polar surface area (TPSA) is 9.23 Å². The highest BCUT2D eigenvalue weighted by molar-refractivity contribution is 7.99. The van der Waals surface area contributed by atoms with E-state index in [-0.39, 0.29) is 0 Å². The second kappa shape index (κ2) is 13.5. The minimum absolute atomic E-state index is 0.986. The fourth-order valence-corrected chi connectivity index (χ4v) is 5.16. The molecule has 0 saturated heterocycles. The lowest BCUT2D eigenvalue weighted by Gasteiger charge is -2.22. The summed E-state index contributed by atoms with van der Waals surface area (Å²) in [5.74, 6) is 2.70. The minimum Gasteiger partial charge on any atom is -0.417 e. The predicted octanol–water partition coefficient (Wildman–Crippen LogP) is 6.10. The first-order chi connectivity index (χ1) is 9.12. The van der Waals surface area contributed by atoms with Gasteiger partial charge < -0.3 is 4.43 Å². The lowest BCUT2D eigenvalue weighted by Crippen LogP contribution is -2.30. The summed E-state index contributed by atoms with van der Waals surface area (Å²) in [6, 6.07) is 1.33. The van der Waals surface area contributed by atoms with Crippen LogP contribution in [-0.4, -0.2) is 26.4 Å². The van der Waals surface area contributed by atoms with Crippen molar-refractivity contribution in [3.8, 4) is 0 Å². The number of unbranched alkanes of at least 4 members (excludes halogenated alkanes) is 5. The molecule has 1 nitrogen and oxygen atoms in total. The molecule has 0 aromatic rings. The Hall–Kier alpha value is 0.527. The van der Waals surface area contributed by atoms with Gasteiger partial charge in [-0.25, -0.2) is 0 Å². The van der Waals surface area contributed by atoms with E-state index in [4.69, 9.17) is 4.43 Å². The van der Waals surface area contributed by atoms with E-state index in [9.17, 15) is 0 Å². The Morgan fingerprint density at radius 2 is 1.42 bits per heavy atom. The number of rotatable bonds is 14. The standard InChI is InChI=1S/C16H36OSSi/c1-5-7-9-10-11-14-18-15-12-16-19(3,4)17-13-8-6-2/h5-16H2,1-4H3. The minimum atomic E-state index is -1.34. The zero-order chi connectivity index (χ0) is 14.4. The maximum absolute atomic E-state index is 6.07. The van der Waals surface area contributed by atoms with Gasteiger partial charge in [-0.3, -0.25) is 0 Å². The van der Waals surface area contributed by atoms with E-state index in [0.29, 0.717) is 0 Å². The van der Waals surface area contributed by atoms with Crippen LogP contribution < -0.4 is 0 Å². The molecule has 0 aliphatic heterocycles. The summed E-state index contributed by atoms with van der Waals surface area (Å²) in [5, 5.41) is 0. The SMILES string of the molecule is CCCCCCCSCCC[Si](C)(C)OCCCC. The first-order valence-electron chi connectivity index (χ1n) is 8.34. The molecule has 19 heavy (non-hydrogen) atoms. The number of thioether (sulfide) groups is 1. The summed E-state index contributed by atoms with van der Waals surface area (Å²) in [4.78, 5) is 0. The molecular weight excluding hydrogens is 268 g/mol. The summed E-state index contributed by atoms with van der Waals surface area (Å²) >= 11 is 2.15. The Kier molecular flexibility index (Phi) is 13.9. The van der Waals surface area contributed by atoms with Gasteiger partial charge in [0.25, 0.3) is 0 Å². The summed E-state index contributed by atoms with van der Waals surface area (Å²) < 4.78 is 6.07. The van der Waals surface area contributed by atoms with Crippen LogP contribution in [-0.2, 0) is 4.43 Å². The van der Waals surface area contributed by atoms with Crippen LogP contribution in [0.3, 0.4) is 0 Å². The van der Waals surface area contributed by atoms with Crippen LogP contribution in [0.25, 0.3) is 0 Å². The smallest absolute Gasteiger partial charge is 0.186 e. The quantitative estimate of drug-likeness (QED) is 0.283. The van der Waals surface area contributed by atoms with Crippen molar-refractivity contribution in [1.29, 1.82) is 0 Å². The molecule has 0 heterocycles. The molecule has 116 valence electrons. The van der Waals surface area contributed by atoms with Crippen molar-refractivity contribution >= 4 is 20.1 Å².